The SMILES string of the molecule is O=C(NC1CC1)c1ccc(/C=C/C(=O)N2CCN(Cc3ccc4c(c3)CCO4)CC2)cc1. The third kappa shape index (κ3) is 5.02. The topological polar surface area (TPSA) is 61.9 Å². The average Bonchev–Trinajstić information content (AvgIpc) is 3.51. The van der Waals surface area contributed by atoms with Crippen molar-refractivity contribution in [3.63, 3.8) is 0 Å². The summed E-state index contributed by atoms with van der Waals surface area (Å²) in [6, 6.07) is 14.2. The van der Waals surface area contributed by atoms with Crippen LogP contribution in [0.3, 0.4) is 0 Å². The molecule has 5 rings (SSSR count). The van der Waals surface area contributed by atoms with E-state index >= 15 is 0 Å². The molecule has 0 radical (unpaired) electrons. The minimum Gasteiger partial charge on any atom is -0.493 e. The number of nitrogens with one attached hydrogen (secondary N) is 1. The first kappa shape index (κ1) is 20.8. The van der Waals surface area contributed by atoms with Crippen molar-refractivity contribution in [1.82, 2.24) is 15.1 Å². The zero-order valence-electron chi connectivity index (χ0n) is 18.3. The van der Waals surface area contributed by atoms with Crippen LogP contribution in [0.4, 0.5) is 0 Å². The number of carbonyl (C=O) groups is 2. The summed E-state index contributed by atoms with van der Waals surface area (Å²) in [7, 11) is 0. The molecule has 0 aromatic heterocycles. The van der Waals surface area contributed by atoms with Crippen LogP contribution in [0.25, 0.3) is 6.08 Å². The van der Waals surface area contributed by atoms with Gasteiger partial charge in [-0.3, -0.25) is 14.5 Å². The van der Waals surface area contributed by atoms with Crippen molar-refractivity contribution in [2.75, 3.05) is 32.8 Å². The number of piperazine rings is 1. The van der Waals surface area contributed by atoms with E-state index in [2.05, 4.69) is 28.4 Å². The first-order valence-corrected chi connectivity index (χ1v) is 11.5. The van der Waals surface area contributed by atoms with Crippen LogP contribution in [0.2, 0.25) is 0 Å². The highest BCUT2D eigenvalue weighted by Crippen LogP contribution is 2.26. The lowest BCUT2D eigenvalue weighted by Gasteiger charge is -2.34. The van der Waals surface area contributed by atoms with Crippen molar-refractivity contribution < 1.29 is 14.3 Å². The van der Waals surface area contributed by atoms with Crippen molar-refractivity contribution in [2.45, 2.75) is 31.8 Å². The van der Waals surface area contributed by atoms with E-state index in [0.717, 1.165) is 69.9 Å². The van der Waals surface area contributed by atoms with Crippen molar-refractivity contribution in [1.29, 1.82) is 0 Å². The predicted octanol–water partition coefficient (Wildman–Crippen LogP) is 2.87. The van der Waals surface area contributed by atoms with Crippen LogP contribution in [0.1, 0.15) is 39.9 Å². The molecule has 2 heterocycles. The van der Waals surface area contributed by atoms with Gasteiger partial charge in [0, 0.05) is 56.8 Å². The van der Waals surface area contributed by atoms with E-state index in [-0.39, 0.29) is 11.8 Å². The maximum Gasteiger partial charge on any atom is 0.251 e. The Morgan fingerprint density at radius 3 is 2.56 bits per heavy atom. The summed E-state index contributed by atoms with van der Waals surface area (Å²) >= 11 is 0. The zero-order valence-corrected chi connectivity index (χ0v) is 18.3. The molecule has 2 aromatic rings. The highest BCUT2D eigenvalue weighted by molar-refractivity contribution is 5.95. The number of fused-ring (bicyclic) bond motifs is 1. The molecule has 1 aliphatic carbocycles. The van der Waals surface area contributed by atoms with Gasteiger partial charge in [0.1, 0.15) is 5.75 Å². The van der Waals surface area contributed by atoms with Gasteiger partial charge in [0.25, 0.3) is 5.91 Å². The molecular weight excluding hydrogens is 402 g/mol. The van der Waals surface area contributed by atoms with Crippen molar-refractivity contribution >= 4 is 17.9 Å². The molecule has 1 saturated heterocycles. The van der Waals surface area contributed by atoms with E-state index in [0.29, 0.717) is 11.6 Å². The lowest BCUT2D eigenvalue weighted by Crippen LogP contribution is -2.47. The first-order chi connectivity index (χ1) is 15.6. The van der Waals surface area contributed by atoms with Crippen LogP contribution in [-0.4, -0.2) is 60.4 Å². The van der Waals surface area contributed by atoms with Crippen molar-refractivity contribution in [2.24, 2.45) is 0 Å². The molecule has 166 valence electrons. The highest BCUT2D eigenvalue weighted by atomic mass is 16.5. The van der Waals surface area contributed by atoms with E-state index in [1.165, 1.54) is 11.1 Å². The Balaban J connectivity index is 1.09. The number of amides is 2. The monoisotopic (exact) mass is 431 g/mol. The molecule has 0 spiro atoms. The second-order valence-electron chi connectivity index (χ2n) is 8.85. The van der Waals surface area contributed by atoms with Crippen LogP contribution in [0, 0.1) is 0 Å². The fourth-order valence-electron chi connectivity index (χ4n) is 4.24. The van der Waals surface area contributed by atoms with Crippen LogP contribution in [0.15, 0.2) is 48.5 Å². The molecule has 32 heavy (non-hydrogen) atoms. The number of benzene rings is 2. The Morgan fingerprint density at radius 2 is 1.81 bits per heavy atom. The molecule has 0 bridgehead atoms. The summed E-state index contributed by atoms with van der Waals surface area (Å²) in [4.78, 5) is 29.0. The van der Waals surface area contributed by atoms with E-state index in [1.807, 2.05) is 35.2 Å². The van der Waals surface area contributed by atoms with Gasteiger partial charge in [-0.2, -0.15) is 0 Å². The molecule has 2 aromatic carbocycles. The summed E-state index contributed by atoms with van der Waals surface area (Å²) in [5.74, 6) is 1.03. The first-order valence-electron chi connectivity index (χ1n) is 11.5. The fourth-order valence-corrected chi connectivity index (χ4v) is 4.24. The molecule has 6 nitrogen and oxygen atoms in total. The summed E-state index contributed by atoms with van der Waals surface area (Å²) in [6.45, 7) is 4.91. The van der Waals surface area contributed by atoms with Crippen molar-refractivity contribution in [3.8, 4) is 5.75 Å². The normalized spacial score (nSPS) is 18.4. The van der Waals surface area contributed by atoms with Gasteiger partial charge in [-0.1, -0.05) is 24.3 Å². The number of nitrogens with zero attached hydrogens (tertiary/aromatic N) is 2. The van der Waals surface area contributed by atoms with E-state index < -0.39 is 0 Å². The molecule has 2 amide bonds. The molecule has 0 atom stereocenters. The van der Waals surface area contributed by atoms with Gasteiger partial charge < -0.3 is 15.0 Å². The lowest BCUT2D eigenvalue weighted by atomic mass is 10.1. The number of ether oxygens (including phenoxy) is 1. The van der Waals surface area contributed by atoms with E-state index in [9.17, 15) is 9.59 Å². The highest BCUT2D eigenvalue weighted by Gasteiger charge is 2.24. The smallest absolute Gasteiger partial charge is 0.251 e. The third-order valence-corrected chi connectivity index (χ3v) is 6.35. The third-order valence-electron chi connectivity index (χ3n) is 6.35. The Hall–Kier alpha value is -3.12. The summed E-state index contributed by atoms with van der Waals surface area (Å²) < 4.78 is 5.59. The number of carbonyl (C=O) groups excluding carboxylic acids is 2. The molecular formula is C26H29N3O3. The van der Waals surface area contributed by atoms with Crippen LogP contribution < -0.4 is 10.1 Å². The minimum atomic E-state index is -0.0230. The van der Waals surface area contributed by atoms with E-state index in [1.54, 1.807) is 6.08 Å². The summed E-state index contributed by atoms with van der Waals surface area (Å²) in [6.07, 6.45) is 6.60. The van der Waals surface area contributed by atoms with Gasteiger partial charge in [-0.05, 0) is 53.8 Å². The summed E-state index contributed by atoms with van der Waals surface area (Å²) in [5, 5.41) is 2.99. The van der Waals surface area contributed by atoms with Crippen LogP contribution in [0.5, 0.6) is 5.75 Å². The molecule has 3 aliphatic rings. The summed E-state index contributed by atoms with van der Waals surface area (Å²) in [5.41, 5.74) is 4.19. The van der Waals surface area contributed by atoms with Gasteiger partial charge in [-0.15, -0.1) is 0 Å². The fraction of sp³-hybridized carbons (Fsp3) is 0.385. The second kappa shape index (κ2) is 9.17. The van der Waals surface area contributed by atoms with E-state index in [4.69, 9.17) is 4.74 Å². The number of hydrogen-bond acceptors (Lipinski definition) is 4. The largest absolute Gasteiger partial charge is 0.493 e. The molecule has 6 heteroatoms. The molecule has 2 fully saturated rings. The number of hydrogen-bond donors (Lipinski definition) is 1. The second-order valence-corrected chi connectivity index (χ2v) is 8.85. The predicted molar refractivity (Wildman–Crippen MR) is 123 cm³/mol. The van der Waals surface area contributed by atoms with Gasteiger partial charge in [-0.25, -0.2) is 0 Å². The Kier molecular flexibility index (Phi) is 5.95. The van der Waals surface area contributed by atoms with Gasteiger partial charge in [0.15, 0.2) is 0 Å². The van der Waals surface area contributed by atoms with Gasteiger partial charge >= 0.3 is 0 Å². The zero-order chi connectivity index (χ0) is 21.9. The Bertz CT molecular complexity index is 1020. The maximum absolute atomic E-state index is 12.6. The lowest BCUT2D eigenvalue weighted by molar-refractivity contribution is -0.127. The number of rotatable bonds is 6. The van der Waals surface area contributed by atoms with Gasteiger partial charge in [0.05, 0.1) is 6.61 Å². The molecule has 2 aliphatic heterocycles. The minimum absolute atomic E-state index is 0.0230. The molecule has 0 unspecified atom stereocenters. The molecule has 1 N–H and O–H groups in total. The molecule has 1 saturated carbocycles. The maximum atomic E-state index is 12.6. The quantitative estimate of drug-likeness (QED) is 0.715. The van der Waals surface area contributed by atoms with Crippen LogP contribution in [-0.2, 0) is 17.8 Å². The van der Waals surface area contributed by atoms with Crippen LogP contribution >= 0.6 is 0 Å². The Morgan fingerprint density at radius 1 is 1.03 bits per heavy atom. The average molecular weight is 432 g/mol. The van der Waals surface area contributed by atoms with Gasteiger partial charge in [0.2, 0.25) is 5.91 Å². The standard InChI is InChI=1S/C26H29N3O3/c30-25(10-4-19-1-5-21(6-2-19)26(31)27-23-7-8-23)29-14-12-28(13-15-29)18-20-3-9-24-22(17-20)11-16-32-24/h1-6,9-10,17,23H,7-8,11-16,18H2,(H,27,31)/b10-4+. The Labute approximate surface area is 188 Å². The van der Waals surface area contributed by atoms with Crippen molar-refractivity contribution in [3.05, 3.63) is 70.8 Å².